The van der Waals surface area contributed by atoms with E-state index in [9.17, 15) is 0 Å². The third-order valence-corrected chi connectivity index (χ3v) is 3.58. The second-order valence-corrected chi connectivity index (χ2v) is 5.05. The van der Waals surface area contributed by atoms with Gasteiger partial charge >= 0.3 is 0 Å². The molecule has 1 fully saturated rings. The number of nitrogens with zero attached hydrogens (tertiary/aromatic N) is 2. The van der Waals surface area contributed by atoms with E-state index in [4.69, 9.17) is 11.6 Å². The first kappa shape index (κ1) is 11.9. The Balaban J connectivity index is 1.94. The lowest BCUT2D eigenvalue weighted by Crippen LogP contribution is -2.34. The van der Waals surface area contributed by atoms with Gasteiger partial charge in [-0.1, -0.05) is 24.9 Å². The van der Waals surface area contributed by atoms with Crippen molar-refractivity contribution in [1.82, 2.24) is 9.88 Å². The van der Waals surface area contributed by atoms with Gasteiger partial charge in [0.2, 0.25) is 0 Å². The first-order valence-corrected chi connectivity index (χ1v) is 6.48. The maximum absolute atomic E-state index is 5.96. The number of halogens is 1. The Morgan fingerprint density at radius 2 is 2.44 bits per heavy atom. The van der Waals surface area contributed by atoms with Crippen LogP contribution >= 0.6 is 11.6 Å². The molecule has 0 radical (unpaired) electrons. The Hall–Kier alpha value is -0.600. The van der Waals surface area contributed by atoms with Crippen LogP contribution in [0.2, 0.25) is 5.02 Å². The van der Waals surface area contributed by atoms with Gasteiger partial charge in [-0.25, -0.2) is 0 Å². The minimum atomic E-state index is 0.786. The summed E-state index contributed by atoms with van der Waals surface area (Å²) in [6, 6.07) is 3.80. The van der Waals surface area contributed by atoms with Gasteiger partial charge in [0.25, 0.3) is 0 Å². The summed E-state index contributed by atoms with van der Waals surface area (Å²) >= 11 is 5.96. The molecule has 0 bridgehead atoms. The summed E-state index contributed by atoms with van der Waals surface area (Å²) < 4.78 is 0. The van der Waals surface area contributed by atoms with Crippen molar-refractivity contribution in [1.29, 1.82) is 0 Å². The summed E-state index contributed by atoms with van der Waals surface area (Å²) in [6.07, 6.45) is 5.79. The van der Waals surface area contributed by atoms with Crippen LogP contribution in [0.5, 0.6) is 0 Å². The molecular weight excluding hydrogens is 220 g/mol. The Labute approximate surface area is 103 Å². The SMILES string of the molecule is CCC1CCCN(Cc2cc(Cl)ccn2)C1. The summed E-state index contributed by atoms with van der Waals surface area (Å²) in [5.41, 5.74) is 1.09. The maximum Gasteiger partial charge on any atom is 0.0558 e. The molecule has 0 aliphatic carbocycles. The van der Waals surface area contributed by atoms with Gasteiger partial charge in [-0.3, -0.25) is 9.88 Å². The van der Waals surface area contributed by atoms with Crippen LogP contribution in [0, 0.1) is 5.92 Å². The van der Waals surface area contributed by atoms with Crippen molar-refractivity contribution >= 4 is 11.6 Å². The molecule has 1 aliphatic rings. The van der Waals surface area contributed by atoms with E-state index in [2.05, 4.69) is 16.8 Å². The van der Waals surface area contributed by atoms with Gasteiger partial charge in [-0.15, -0.1) is 0 Å². The fourth-order valence-corrected chi connectivity index (χ4v) is 2.57. The number of rotatable bonds is 3. The van der Waals surface area contributed by atoms with Gasteiger partial charge in [-0.05, 0) is 37.4 Å². The number of pyridine rings is 1. The molecular formula is C13H19ClN2. The van der Waals surface area contributed by atoms with Crippen LogP contribution in [0.3, 0.4) is 0 Å². The molecule has 1 unspecified atom stereocenters. The molecule has 16 heavy (non-hydrogen) atoms. The van der Waals surface area contributed by atoms with Crippen molar-refractivity contribution in [3.8, 4) is 0 Å². The van der Waals surface area contributed by atoms with Gasteiger partial charge in [0.1, 0.15) is 0 Å². The van der Waals surface area contributed by atoms with Gasteiger partial charge in [0.15, 0.2) is 0 Å². The van der Waals surface area contributed by atoms with Crippen molar-refractivity contribution < 1.29 is 0 Å². The lowest BCUT2D eigenvalue weighted by Gasteiger charge is -2.31. The molecule has 1 aliphatic heterocycles. The van der Waals surface area contributed by atoms with E-state index in [0.29, 0.717) is 0 Å². The Morgan fingerprint density at radius 1 is 1.56 bits per heavy atom. The van der Waals surface area contributed by atoms with Crippen molar-refractivity contribution in [3.63, 3.8) is 0 Å². The summed E-state index contributed by atoms with van der Waals surface area (Å²) in [7, 11) is 0. The summed E-state index contributed by atoms with van der Waals surface area (Å²) in [5, 5.41) is 0.786. The van der Waals surface area contributed by atoms with Gasteiger partial charge < -0.3 is 0 Å². The number of hydrogen-bond acceptors (Lipinski definition) is 2. The van der Waals surface area contributed by atoms with E-state index in [0.717, 1.165) is 23.2 Å². The van der Waals surface area contributed by atoms with Crippen LogP contribution in [0.1, 0.15) is 31.9 Å². The first-order valence-electron chi connectivity index (χ1n) is 6.10. The monoisotopic (exact) mass is 238 g/mol. The molecule has 1 aromatic rings. The molecule has 0 spiro atoms. The zero-order valence-corrected chi connectivity index (χ0v) is 10.6. The largest absolute Gasteiger partial charge is 0.297 e. The second kappa shape index (κ2) is 5.65. The lowest BCUT2D eigenvalue weighted by molar-refractivity contribution is 0.163. The summed E-state index contributed by atoms with van der Waals surface area (Å²) in [6.45, 7) is 5.64. The molecule has 0 saturated carbocycles. The average Bonchev–Trinajstić information content (AvgIpc) is 2.29. The van der Waals surface area contributed by atoms with Crippen molar-refractivity contribution in [3.05, 3.63) is 29.0 Å². The molecule has 0 N–H and O–H groups in total. The molecule has 88 valence electrons. The van der Waals surface area contributed by atoms with E-state index >= 15 is 0 Å². The third-order valence-electron chi connectivity index (χ3n) is 3.34. The Morgan fingerprint density at radius 3 is 3.19 bits per heavy atom. The molecule has 1 aromatic heterocycles. The third kappa shape index (κ3) is 3.19. The van der Waals surface area contributed by atoms with Crippen molar-refractivity contribution in [2.45, 2.75) is 32.7 Å². The molecule has 1 saturated heterocycles. The molecule has 3 heteroatoms. The van der Waals surface area contributed by atoms with Crippen LogP contribution < -0.4 is 0 Å². The molecule has 2 rings (SSSR count). The molecule has 0 aromatic carbocycles. The van der Waals surface area contributed by atoms with Crippen LogP contribution in [-0.2, 0) is 6.54 Å². The van der Waals surface area contributed by atoms with E-state index in [1.807, 2.05) is 12.1 Å². The normalized spacial score (nSPS) is 22.2. The standard InChI is InChI=1S/C13H19ClN2/c1-2-11-4-3-7-16(9-11)10-13-8-12(14)5-6-15-13/h5-6,8,11H,2-4,7,9-10H2,1H3. The minimum absolute atomic E-state index is 0.786. The van der Waals surface area contributed by atoms with Gasteiger partial charge in [0, 0.05) is 24.3 Å². The fourth-order valence-electron chi connectivity index (χ4n) is 2.39. The zero-order chi connectivity index (χ0) is 11.4. The van der Waals surface area contributed by atoms with Crippen LogP contribution in [0.4, 0.5) is 0 Å². The van der Waals surface area contributed by atoms with Gasteiger partial charge in [0.05, 0.1) is 5.69 Å². The summed E-state index contributed by atoms with van der Waals surface area (Å²) in [5.74, 6) is 0.868. The molecule has 2 heterocycles. The van der Waals surface area contributed by atoms with Gasteiger partial charge in [-0.2, -0.15) is 0 Å². The summed E-state index contributed by atoms with van der Waals surface area (Å²) in [4.78, 5) is 6.85. The Bertz CT molecular complexity index is 340. The fraction of sp³-hybridized carbons (Fsp3) is 0.615. The van der Waals surface area contributed by atoms with Crippen molar-refractivity contribution in [2.24, 2.45) is 5.92 Å². The topological polar surface area (TPSA) is 16.1 Å². The van der Waals surface area contributed by atoms with Crippen LogP contribution in [-0.4, -0.2) is 23.0 Å². The maximum atomic E-state index is 5.96. The smallest absolute Gasteiger partial charge is 0.0558 e. The number of aromatic nitrogens is 1. The molecule has 0 amide bonds. The highest BCUT2D eigenvalue weighted by Crippen LogP contribution is 2.20. The number of likely N-dealkylation sites (tertiary alicyclic amines) is 1. The minimum Gasteiger partial charge on any atom is -0.297 e. The average molecular weight is 239 g/mol. The van der Waals surface area contributed by atoms with E-state index < -0.39 is 0 Å². The highest BCUT2D eigenvalue weighted by atomic mass is 35.5. The molecule has 1 atom stereocenters. The van der Waals surface area contributed by atoms with E-state index in [1.54, 1.807) is 6.20 Å². The van der Waals surface area contributed by atoms with Crippen LogP contribution in [0.15, 0.2) is 18.3 Å². The molecule has 2 nitrogen and oxygen atoms in total. The van der Waals surface area contributed by atoms with Crippen molar-refractivity contribution in [2.75, 3.05) is 13.1 Å². The lowest BCUT2D eigenvalue weighted by atomic mass is 9.95. The quantitative estimate of drug-likeness (QED) is 0.803. The van der Waals surface area contributed by atoms with Crippen LogP contribution in [0.25, 0.3) is 0 Å². The predicted octanol–water partition coefficient (Wildman–Crippen LogP) is 3.36. The second-order valence-electron chi connectivity index (χ2n) is 4.62. The zero-order valence-electron chi connectivity index (χ0n) is 9.82. The Kier molecular flexibility index (Phi) is 4.19. The first-order chi connectivity index (χ1) is 7.78. The van der Waals surface area contributed by atoms with E-state index in [1.165, 1.54) is 32.4 Å². The number of hydrogen-bond donors (Lipinski definition) is 0. The highest BCUT2D eigenvalue weighted by Gasteiger charge is 2.18. The predicted molar refractivity (Wildman–Crippen MR) is 67.5 cm³/mol. The highest BCUT2D eigenvalue weighted by molar-refractivity contribution is 6.30. The number of piperidine rings is 1. The van der Waals surface area contributed by atoms with E-state index in [-0.39, 0.29) is 0 Å².